The van der Waals surface area contributed by atoms with Gasteiger partial charge in [0.2, 0.25) is 0 Å². The van der Waals surface area contributed by atoms with E-state index >= 15 is 0 Å². The van der Waals surface area contributed by atoms with Crippen LogP contribution in [-0.4, -0.2) is 8.41 Å². The van der Waals surface area contributed by atoms with Crippen molar-refractivity contribution in [2.24, 2.45) is 0 Å². The van der Waals surface area contributed by atoms with Gasteiger partial charge in [-0.25, -0.2) is 0 Å². The Morgan fingerprint density at radius 1 is 1.00 bits per heavy atom. The first-order valence-electron chi connectivity index (χ1n) is 0. The van der Waals surface area contributed by atoms with Crippen molar-refractivity contribution in [1.29, 1.82) is 0 Å². The summed E-state index contributed by atoms with van der Waals surface area (Å²) < 4.78 is 0. The van der Waals surface area contributed by atoms with Crippen LogP contribution in [0, 0.1) is 0 Å². The molecule has 0 N–H and O–H groups in total. The molecule has 0 aromatic carbocycles. The third kappa shape index (κ3) is 9.29. The Morgan fingerprint density at radius 3 is 1.00 bits per heavy atom. The van der Waals surface area contributed by atoms with Crippen molar-refractivity contribution >= 4 is 8.41 Å². The van der Waals surface area contributed by atoms with Crippen LogP contribution in [0.3, 0.4) is 0 Å². The van der Waals surface area contributed by atoms with E-state index in [4.69, 9.17) is 0 Å². The van der Waals surface area contributed by atoms with Crippen LogP contribution in [0.1, 0.15) is 0 Å². The maximum Gasteiger partial charge on any atom is 0 e. The fourth-order valence-electron chi connectivity index (χ4n) is 0. The molecule has 0 spiro atoms. The Hall–Kier alpha value is 1.73. The molecule has 0 saturated heterocycles. The Morgan fingerprint density at radius 2 is 1.00 bits per heavy atom. The van der Waals surface area contributed by atoms with Crippen LogP contribution in [0.2, 0.25) is 0 Å². The van der Waals surface area contributed by atoms with Crippen LogP contribution in [0.5, 0.6) is 0 Å². The van der Waals surface area contributed by atoms with Gasteiger partial charge in [0.05, 0.1) is 0 Å². The average molecular weight is 187 g/mol. The molecule has 4 radical (unpaired) electrons. The van der Waals surface area contributed by atoms with Crippen molar-refractivity contribution in [3.8, 4) is 0 Å². The Kier molecular flexibility index (Phi) is 236. The molecule has 4 heavy (non-hydrogen) atoms. The smallest absolute Gasteiger partial charge is 0 e. The standard InChI is InChI=1S/B.Fe.Mn.Zn. The summed E-state index contributed by atoms with van der Waals surface area (Å²) in [4.78, 5) is 0. The van der Waals surface area contributed by atoms with Gasteiger partial charge in [-0.2, -0.15) is 0 Å². The van der Waals surface area contributed by atoms with E-state index in [-0.39, 0.29) is 62.0 Å². The predicted octanol–water partition coefficient (Wildman–Crippen LogP) is -0.388. The van der Waals surface area contributed by atoms with Gasteiger partial charge in [0.25, 0.3) is 0 Å². The molecule has 0 saturated carbocycles. The number of hydrogen-bond donors (Lipinski definition) is 0. The van der Waals surface area contributed by atoms with E-state index in [9.17, 15) is 0 Å². The molecule has 0 atom stereocenters. The monoisotopic (exact) mass is 186 g/mol. The van der Waals surface area contributed by atoms with E-state index in [0.29, 0.717) is 0 Å². The molecule has 0 rings (SSSR count). The fourth-order valence-corrected chi connectivity index (χ4v) is 0. The molecule has 20 valence electrons. The molecule has 4 heteroatoms. The van der Waals surface area contributed by atoms with Crippen LogP contribution in [0.15, 0.2) is 0 Å². The van der Waals surface area contributed by atoms with E-state index in [1.54, 1.807) is 0 Å². The van der Waals surface area contributed by atoms with Gasteiger partial charge in [-0.1, -0.05) is 0 Å². The minimum atomic E-state index is 0. The second-order valence-electron chi connectivity index (χ2n) is 0. The van der Waals surface area contributed by atoms with E-state index in [1.165, 1.54) is 0 Å². The summed E-state index contributed by atoms with van der Waals surface area (Å²) in [5, 5.41) is 0. The van der Waals surface area contributed by atoms with Gasteiger partial charge in [0.15, 0.2) is 0 Å². The minimum Gasteiger partial charge on any atom is 0 e. The van der Waals surface area contributed by atoms with Crippen LogP contribution in [0.25, 0.3) is 0 Å². The van der Waals surface area contributed by atoms with E-state index in [1.807, 2.05) is 0 Å². The summed E-state index contributed by atoms with van der Waals surface area (Å²) in [6.45, 7) is 0. The Balaban J connectivity index is 0. The zero-order valence-electron chi connectivity index (χ0n) is 2.02. The zero-order valence-corrected chi connectivity index (χ0v) is 7.27. The number of hydrogen-bond acceptors (Lipinski definition) is 0. The van der Waals surface area contributed by atoms with Crippen molar-refractivity contribution in [3.05, 3.63) is 0 Å². The second-order valence-corrected chi connectivity index (χ2v) is 0. The van der Waals surface area contributed by atoms with E-state index in [2.05, 4.69) is 0 Å². The molecule has 0 aromatic rings. The predicted molar refractivity (Wildman–Crippen MR) is 5.75 cm³/mol. The number of rotatable bonds is 0. The molecule has 0 aliphatic heterocycles. The van der Waals surface area contributed by atoms with Gasteiger partial charge in [-0.05, 0) is 0 Å². The first-order chi connectivity index (χ1) is 0. The van der Waals surface area contributed by atoms with Gasteiger partial charge in [0, 0.05) is 62.0 Å². The molecule has 0 fully saturated rings. The fraction of sp³-hybridized carbons (Fsp3) is 0. The van der Waals surface area contributed by atoms with Gasteiger partial charge in [-0.3, -0.25) is 0 Å². The van der Waals surface area contributed by atoms with Gasteiger partial charge < -0.3 is 0 Å². The molecule has 0 amide bonds. The van der Waals surface area contributed by atoms with Crippen molar-refractivity contribution in [1.82, 2.24) is 0 Å². The van der Waals surface area contributed by atoms with Crippen LogP contribution in [0.4, 0.5) is 0 Å². The second kappa shape index (κ2) is 22.0. The van der Waals surface area contributed by atoms with Crippen molar-refractivity contribution in [2.75, 3.05) is 0 Å². The first kappa shape index (κ1) is 42.9. The summed E-state index contributed by atoms with van der Waals surface area (Å²) in [5.41, 5.74) is 0. The summed E-state index contributed by atoms with van der Waals surface area (Å²) in [6.07, 6.45) is 0. The Bertz CT molecular complexity index is 8.00. The average Bonchev–Trinajstić information content (AvgIpc) is 0. The third-order valence-corrected chi connectivity index (χ3v) is 0. The third-order valence-electron chi connectivity index (χ3n) is 0. The first-order valence-corrected chi connectivity index (χ1v) is 0. The topological polar surface area (TPSA) is 0 Å². The largest absolute Gasteiger partial charge is 0 e. The van der Waals surface area contributed by atoms with E-state index in [0.717, 1.165) is 0 Å². The minimum absolute atomic E-state index is 0. The molecule has 0 bridgehead atoms. The molecule has 0 aliphatic rings. The van der Waals surface area contributed by atoms with Crippen molar-refractivity contribution < 1.29 is 53.6 Å². The maximum atomic E-state index is 0. The molecule has 0 heterocycles. The Labute approximate surface area is 61.8 Å². The molecule has 0 aromatic heterocycles. The van der Waals surface area contributed by atoms with Gasteiger partial charge in [0.1, 0.15) is 0 Å². The molecule has 0 unspecified atom stereocenters. The summed E-state index contributed by atoms with van der Waals surface area (Å²) in [6, 6.07) is 0. The van der Waals surface area contributed by atoms with Crippen LogP contribution < -0.4 is 0 Å². The van der Waals surface area contributed by atoms with E-state index < -0.39 is 0 Å². The summed E-state index contributed by atoms with van der Waals surface area (Å²) in [7, 11) is 0. The van der Waals surface area contributed by atoms with Crippen LogP contribution in [-0.2, 0) is 53.6 Å². The van der Waals surface area contributed by atoms with Gasteiger partial charge >= 0.3 is 0 Å². The molecule has 0 aliphatic carbocycles. The molecular weight excluding hydrogens is 187 g/mol. The van der Waals surface area contributed by atoms with Crippen LogP contribution >= 0.6 is 0 Å². The summed E-state index contributed by atoms with van der Waals surface area (Å²) in [5.74, 6) is 0. The quantitative estimate of drug-likeness (QED) is 0.453. The summed E-state index contributed by atoms with van der Waals surface area (Å²) >= 11 is 0. The van der Waals surface area contributed by atoms with Crippen molar-refractivity contribution in [2.45, 2.75) is 0 Å². The maximum absolute atomic E-state index is 0. The van der Waals surface area contributed by atoms with Gasteiger partial charge in [-0.15, -0.1) is 0 Å². The SMILES string of the molecule is [B].[Fe].[Mn].[Zn]. The molecular formula is BFeMnZn. The zero-order chi connectivity index (χ0) is 0. The normalized spacial score (nSPS) is 0. The molecule has 0 nitrogen and oxygen atoms in total. The van der Waals surface area contributed by atoms with Crippen molar-refractivity contribution in [3.63, 3.8) is 0 Å².